The van der Waals surface area contributed by atoms with Crippen molar-refractivity contribution in [2.24, 2.45) is 0 Å². The van der Waals surface area contributed by atoms with Crippen molar-refractivity contribution in [3.63, 3.8) is 0 Å². The maximum Gasteiger partial charge on any atom is 0.287 e. The van der Waals surface area contributed by atoms with Gasteiger partial charge in [0.15, 0.2) is 0 Å². The number of hydrogen-bond donors (Lipinski definition) is 0. The van der Waals surface area contributed by atoms with Crippen LogP contribution in [0.15, 0.2) is 24.2 Å². The molecule has 2 heteroatoms. The molecule has 0 bridgehead atoms. The van der Waals surface area contributed by atoms with E-state index in [-0.39, 0.29) is 0 Å². The Labute approximate surface area is 131 Å². The molecule has 0 rings (SSSR count). The van der Waals surface area contributed by atoms with E-state index in [1.807, 2.05) is 6.08 Å². The molecule has 0 spiro atoms. The van der Waals surface area contributed by atoms with E-state index >= 15 is 0 Å². The minimum atomic E-state index is 0.559. The first-order chi connectivity index (χ1) is 10.3. The van der Waals surface area contributed by atoms with E-state index in [0.717, 1.165) is 32.1 Å². The highest BCUT2D eigenvalue weighted by molar-refractivity contribution is 5.23. The smallest absolute Gasteiger partial charge is 0.287 e. The maximum absolute atomic E-state index is 5.60. The van der Waals surface area contributed by atoms with Crippen molar-refractivity contribution in [1.82, 2.24) is 0 Å². The number of allylic oxidation sites excluding steroid dienone is 3. The van der Waals surface area contributed by atoms with Crippen LogP contribution < -0.4 is 0 Å². The maximum atomic E-state index is 5.60. The highest BCUT2D eigenvalue weighted by atomic mass is 16.7. The van der Waals surface area contributed by atoms with Gasteiger partial charge in [0.1, 0.15) is 0 Å². The van der Waals surface area contributed by atoms with Crippen LogP contribution in [0.5, 0.6) is 0 Å². The normalized spacial score (nSPS) is 10.0. The van der Waals surface area contributed by atoms with Gasteiger partial charge in [-0.25, -0.2) is 0 Å². The predicted molar refractivity (Wildman–Crippen MR) is 90.9 cm³/mol. The van der Waals surface area contributed by atoms with Crippen molar-refractivity contribution in [1.29, 1.82) is 0 Å². The van der Waals surface area contributed by atoms with E-state index in [1.54, 1.807) is 6.08 Å². The van der Waals surface area contributed by atoms with Crippen molar-refractivity contribution in [3.05, 3.63) is 24.2 Å². The Bertz CT molecular complexity index is 319. The molecular formula is C19H32O2. The Morgan fingerprint density at radius 3 is 2.00 bits per heavy atom. The molecule has 0 amide bonds. The van der Waals surface area contributed by atoms with Gasteiger partial charge in [-0.05, 0) is 31.8 Å². The lowest BCUT2D eigenvalue weighted by atomic mass is 10.2. The molecule has 0 aromatic carbocycles. The Morgan fingerprint density at radius 2 is 1.43 bits per heavy atom. The fourth-order valence-electron chi connectivity index (χ4n) is 1.56. The molecule has 0 fully saturated rings. The first kappa shape index (κ1) is 19.6. The molecule has 0 N–H and O–H groups in total. The lowest BCUT2D eigenvalue weighted by Gasteiger charge is -2.10. The van der Waals surface area contributed by atoms with Gasteiger partial charge in [-0.3, -0.25) is 0 Å². The van der Waals surface area contributed by atoms with E-state index in [4.69, 9.17) is 9.47 Å². The summed E-state index contributed by atoms with van der Waals surface area (Å²) >= 11 is 0. The second kappa shape index (κ2) is 16.7. The zero-order valence-corrected chi connectivity index (χ0v) is 14.1. The summed E-state index contributed by atoms with van der Waals surface area (Å²) < 4.78 is 11.2. The molecule has 0 aliphatic carbocycles. The standard InChI is InChI=1S/C19H32O2/c1-4-7-10-11-12-13-14-15-16-19(20-17-8-5-2)21-18-9-6-3/h12-13,16H,4-11,17-18H2,1-3H3/b13-12+. The second-order valence-electron chi connectivity index (χ2n) is 5.05. The van der Waals surface area contributed by atoms with Crippen molar-refractivity contribution in [3.8, 4) is 11.8 Å². The van der Waals surface area contributed by atoms with E-state index in [0.29, 0.717) is 19.2 Å². The molecular weight excluding hydrogens is 260 g/mol. The average Bonchev–Trinajstić information content (AvgIpc) is 2.49. The molecule has 0 saturated carbocycles. The number of rotatable bonds is 12. The van der Waals surface area contributed by atoms with E-state index in [2.05, 4.69) is 38.7 Å². The van der Waals surface area contributed by atoms with Gasteiger partial charge in [-0.2, -0.15) is 0 Å². The van der Waals surface area contributed by atoms with Crippen molar-refractivity contribution >= 4 is 0 Å². The lowest BCUT2D eigenvalue weighted by molar-refractivity contribution is 0.0334. The Balaban J connectivity index is 4.13. The number of unbranched alkanes of at least 4 members (excludes halogenated alkanes) is 5. The van der Waals surface area contributed by atoms with Crippen LogP contribution in [-0.4, -0.2) is 13.2 Å². The highest BCUT2D eigenvalue weighted by Gasteiger charge is 1.97. The summed E-state index contributed by atoms with van der Waals surface area (Å²) in [6, 6.07) is 0. The van der Waals surface area contributed by atoms with E-state index in [1.165, 1.54) is 19.3 Å². The zero-order chi connectivity index (χ0) is 15.6. The van der Waals surface area contributed by atoms with Gasteiger partial charge >= 0.3 is 0 Å². The molecule has 0 aromatic heterocycles. The Kier molecular flexibility index (Phi) is 15.6. The van der Waals surface area contributed by atoms with Gasteiger partial charge in [0.05, 0.1) is 19.3 Å². The van der Waals surface area contributed by atoms with Gasteiger partial charge in [-0.15, -0.1) is 0 Å². The summed E-state index contributed by atoms with van der Waals surface area (Å²) in [6.07, 6.45) is 15.0. The van der Waals surface area contributed by atoms with Crippen LogP contribution in [0.3, 0.4) is 0 Å². The second-order valence-corrected chi connectivity index (χ2v) is 5.05. The van der Waals surface area contributed by atoms with Gasteiger partial charge in [-0.1, -0.05) is 64.4 Å². The van der Waals surface area contributed by atoms with Crippen LogP contribution in [-0.2, 0) is 9.47 Å². The summed E-state index contributed by atoms with van der Waals surface area (Å²) in [7, 11) is 0. The summed E-state index contributed by atoms with van der Waals surface area (Å²) in [5.74, 6) is 6.55. The van der Waals surface area contributed by atoms with Crippen molar-refractivity contribution < 1.29 is 9.47 Å². The van der Waals surface area contributed by atoms with Crippen molar-refractivity contribution in [2.45, 2.75) is 72.1 Å². The molecule has 0 radical (unpaired) electrons. The molecule has 0 aromatic rings. The van der Waals surface area contributed by atoms with E-state index < -0.39 is 0 Å². The highest BCUT2D eigenvalue weighted by Crippen LogP contribution is 2.04. The van der Waals surface area contributed by atoms with Crippen LogP contribution >= 0.6 is 0 Å². The summed E-state index contributed by atoms with van der Waals surface area (Å²) in [5, 5.41) is 0. The molecule has 120 valence electrons. The summed E-state index contributed by atoms with van der Waals surface area (Å²) in [6.45, 7) is 7.90. The topological polar surface area (TPSA) is 18.5 Å². The van der Waals surface area contributed by atoms with E-state index in [9.17, 15) is 0 Å². The molecule has 2 nitrogen and oxygen atoms in total. The number of ether oxygens (including phenoxy) is 2. The van der Waals surface area contributed by atoms with Gasteiger partial charge in [0, 0.05) is 0 Å². The lowest BCUT2D eigenvalue weighted by Crippen LogP contribution is -2.01. The minimum Gasteiger partial charge on any atom is -0.465 e. The van der Waals surface area contributed by atoms with Crippen LogP contribution in [0, 0.1) is 11.8 Å². The third-order valence-electron chi connectivity index (χ3n) is 2.93. The fraction of sp³-hybridized carbons (Fsp3) is 0.684. The molecule has 0 aliphatic heterocycles. The van der Waals surface area contributed by atoms with Crippen LogP contribution in [0.4, 0.5) is 0 Å². The fourth-order valence-corrected chi connectivity index (χ4v) is 1.56. The molecule has 0 saturated heterocycles. The molecule has 0 aliphatic rings. The SMILES string of the molecule is CCCCC/C=C/C#CC=C(OCCCC)OCCCC. The summed E-state index contributed by atoms with van der Waals surface area (Å²) in [4.78, 5) is 0. The third-order valence-corrected chi connectivity index (χ3v) is 2.93. The Morgan fingerprint density at radius 1 is 0.810 bits per heavy atom. The number of hydrogen-bond acceptors (Lipinski definition) is 2. The van der Waals surface area contributed by atoms with Crippen LogP contribution in [0.25, 0.3) is 0 Å². The minimum absolute atomic E-state index is 0.559. The molecule has 0 unspecified atom stereocenters. The first-order valence-corrected chi connectivity index (χ1v) is 8.46. The zero-order valence-electron chi connectivity index (χ0n) is 14.1. The predicted octanol–water partition coefficient (Wildman–Crippen LogP) is 5.60. The monoisotopic (exact) mass is 292 g/mol. The van der Waals surface area contributed by atoms with Gasteiger partial charge in [0.25, 0.3) is 5.95 Å². The molecule has 21 heavy (non-hydrogen) atoms. The average molecular weight is 292 g/mol. The quantitative estimate of drug-likeness (QED) is 0.265. The first-order valence-electron chi connectivity index (χ1n) is 8.46. The summed E-state index contributed by atoms with van der Waals surface area (Å²) in [5.41, 5.74) is 0. The largest absolute Gasteiger partial charge is 0.465 e. The van der Waals surface area contributed by atoms with Crippen molar-refractivity contribution in [2.75, 3.05) is 13.2 Å². The van der Waals surface area contributed by atoms with Crippen LogP contribution in [0.2, 0.25) is 0 Å². The Hall–Kier alpha value is -1.36. The van der Waals surface area contributed by atoms with Gasteiger partial charge in [0.2, 0.25) is 0 Å². The molecule has 0 heterocycles. The molecule has 0 atom stereocenters. The van der Waals surface area contributed by atoms with Crippen LogP contribution in [0.1, 0.15) is 72.1 Å². The van der Waals surface area contributed by atoms with Gasteiger partial charge < -0.3 is 9.47 Å². The third kappa shape index (κ3) is 14.9.